The number of rotatable bonds is 6. The van der Waals surface area contributed by atoms with Crippen LogP contribution in [0.25, 0.3) is 5.82 Å². The summed E-state index contributed by atoms with van der Waals surface area (Å²) in [5.74, 6) is 1.73. The van der Waals surface area contributed by atoms with Gasteiger partial charge in [0.1, 0.15) is 11.6 Å². The van der Waals surface area contributed by atoms with Crippen molar-refractivity contribution in [1.82, 2.24) is 24.8 Å². The summed E-state index contributed by atoms with van der Waals surface area (Å²) in [7, 11) is 0. The zero-order chi connectivity index (χ0) is 16.8. The second-order valence-corrected chi connectivity index (χ2v) is 5.51. The Morgan fingerprint density at radius 3 is 2.71 bits per heavy atom. The second kappa shape index (κ2) is 7.50. The van der Waals surface area contributed by atoms with Crippen molar-refractivity contribution in [3.05, 3.63) is 72.2 Å². The molecule has 0 aliphatic heterocycles. The van der Waals surface area contributed by atoms with Crippen LogP contribution in [0.1, 0.15) is 23.4 Å². The predicted octanol–water partition coefficient (Wildman–Crippen LogP) is 2.22. The number of pyridine rings is 2. The van der Waals surface area contributed by atoms with E-state index in [9.17, 15) is 4.79 Å². The number of hydrogen-bond donors (Lipinski definition) is 1. The summed E-state index contributed by atoms with van der Waals surface area (Å²) in [5.41, 5.74) is 2.03. The molecule has 0 saturated carbocycles. The molecule has 3 aromatic heterocycles. The third-order valence-corrected chi connectivity index (χ3v) is 3.73. The Hall–Kier alpha value is -3.02. The molecule has 0 fully saturated rings. The molecule has 0 unspecified atom stereocenters. The monoisotopic (exact) mass is 321 g/mol. The van der Waals surface area contributed by atoms with Gasteiger partial charge in [-0.15, -0.1) is 0 Å². The lowest BCUT2D eigenvalue weighted by Crippen LogP contribution is -2.23. The molecule has 0 spiro atoms. The Morgan fingerprint density at radius 1 is 1.12 bits per heavy atom. The summed E-state index contributed by atoms with van der Waals surface area (Å²) in [4.78, 5) is 24.6. The molecular weight excluding hydrogens is 302 g/mol. The molecule has 24 heavy (non-hydrogen) atoms. The standard InChI is InChI=1S/C18H19N5O/c1-14-20-9-10-23(14)17-6-4-16(12-21-17)13-22-18(24)7-5-15-3-2-8-19-11-15/h2-4,6,8-12H,5,7,13H2,1H3,(H,22,24). The fourth-order valence-corrected chi connectivity index (χ4v) is 2.38. The number of imidazole rings is 1. The number of nitrogens with one attached hydrogen (secondary N) is 1. The van der Waals surface area contributed by atoms with Gasteiger partial charge in [0.25, 0.3) is 0 Å². The minimum atomic E-state index is 0.0217. The first-order chi connectivity index (χ1) is 11.7. The predicted molar refractivity (Wildman–Crippen MR) is 90.5 cm³/mol. The van der Waals surface area contributed by atoms with E-state index >= 15 is 0 Å². The van der Waals surface area contributed by atoms with Gasteiger partial charge < -0.3 is 5.32 Å². The Bertz CT molecular complexity index is 796. The van der Waals surface area contributed by atoms with E-state index in [1.807, 2.05) is 42.0 Å². The van der Waals surface area contributed by atoms with Crippen molar-refractivity contribution >= 4 is 5.91 Å². The van der Waals surface area contributed by atoms with E-state index in [0.717, 1.165) is 22.8 Å². The van der Waals surface area contributed by atoms with Crippen LogP contribution in [0.3, 0.4) is 0 Å². The second-order valence-electron chi connectivity index (χ2n) is 5.51. The Kier molecular flexibility index (Phi) is 4.96. The van der Waals surface area contributed by atoms with Gasteiger partial charge >= 0.3 is 0 Å². The Labute approximate surface area is 140 Å². The first-order valence-electron chi connectivity index (χ1n) is 7.83. The summed E-state index contributed by atoms with van der Waals surface area (Å²) in [6, 6.07) is 7.73. The summed E-state index contributed by atoms with van der Waals surface area (Å²) in [6.07, 6.45) is 10.0. The van der Waals surface area contributed by atoms with Crippen molar-refractivity contribution in [3.63, 3.8) is 0 Å². The summed E-state index contributed by atoms with van der Waals surface area (Å²) in [5, 5.41) is 2.92. The third kappa shape index (κ3) is 4.04. The normalized spacial score (nSPS) is 10.5. The van der Waals surface area contributed by atoms with Gasteiger partial charge in [-0.3, -0.25) is 14.3 Å². The van der Waals surface area contributed by atoms with Crippen LogP contribution in [0.15, 0.2) is 55.2 Å². The third-order valence-electron chi connectivity index (χ3n) is 3.73. The van der Waals surface area contributed by atoms with Gasteiger partial charge in [-0.25, -0.2) is 9.97 Å². The first-order valence-corrected chi connectivity index (χ1v) is 7.83. The van der Waals surface area contributed by atoms with Crippen LogP contribution < -0.4 is 5.32 Å². The molecule has 0 radical (unpaired) electrons. The van der Waals surface area contributed by atoms with Gasteiger partial charge in [-0.1, -0.05) is 12.1 Å². The fraction of sp³-hybridized carbons (Fsp3) is 0.222. The highest BCUT2D eigenvalue weighted by Crippen LogP contribution is 2.08. The smallest absolute Gasteiger partial charge is 0.220 e. The van der Waals surface area contributed by atoms with Crippen LogP contribution in [-0.2, 0) is 17.8 Å². The van der Waals surface area contributed by atoms with Crippen LogP contribution in [0, 0.1) is 6.92 Å². The average molecular weight is 321 g/mol. The lowest BCUT2D eigenvalue weighted by atomic mass is 10.1. The lowest BCUT2D eigenvalue weighted by molar-refractivity contribution is -0.121. The molecule has 0 bridgehead atoms. The topological polar surface area (TPSA) is 72.7 Å². The molecule has 3 heterocycles. The van der Waals surface area contributed by atoms with Gasteiger partial charge in [0.15, 0.2) is 0 Å². The lowest BCUT2D eigenvalue weighted by Gasteiger charge is -2.07. The number of carbonyl (C=O) groups is 1. The van der Waals surface area contributed by atoms with E-state index < -0.39 is 0 Å². The van der Waals surface area contributed by atoms with Crippen LogP contribution >= 0.6 is 0 Å². The molecule has 0 aromatic carbocycles. The fourth-order valence-electron chi connectivity index (χ4n) is 2.38. The van der Waals surface area contributed by atoms with Crippen molar-refractivity contribution in [2.45, 2.75) is 26.3 Å². The summed E-state index contributed by atoms with van der Waals surface area (Å²) >= 11 is 0. The minimum absolute atomic E-state index is 0.0217. The van der Waals surface area contributed by atoms with E-state index in [-0.39, 0.29) is 5.91 Å². The Morgan fingerprint density at radius 2 is 2.04 bits per heavy atom. The molecule has 0 atom stereocenters. The van der Waals surface area contributed by atoms with Crippen LogP contribution in [-0.4, -0.2) is 25.4 Å². The van der Waals surface area contributed by atoms with E-state index in [4.69, 9.17) is 0 Å². The maximum absolute atomic E-state index is 11.9. The Balaban J connectivity index is 1.49. The van der Waals surface area contributed by atoms with Gasteiger partial charge in [-0.05, 0) is 36.6 Å². The number of aryl methyl sites for hydroxylation is 2. The number of hydrogen-bond acceptors (Lipinski definition) is 4. The van der Waals surface area contributed by atoms with Crippen molar-refractivity contribution < 1.29 is 4.79 Å². The molecule has 1 N–H and O–H groups in total. The van der Waals surface area contributed by atoms with Gasteiger partial charge in [-0.2, -0.15) is 0 Å². The largest absolute Gasteiger partial charge is 0.352 e. The maximum atomic E-state index is 11.9. The van der Waals surface area contributed by atoms with Crippen LogP contribution in [0.2, 0.25) is 0 Å². The molecule has 1 amide bonds. The van der Waals surface area contributed by atoms with Crippen LogP contribution in [0.5, 0.6) is 0 Å². The number of amides is 1. The molecule has 6 heteroatoms. The molecule has 3 aromatic rings. The molecule has 0 aliphatic rings. The van der Waals surface area contributed by atoms with Crippen molar-refractivity contribution in [2.75, 3.05) is 0 Å². The quantitative estimate of drug-likeness (QED) is 0.755. The SMILES string of the molecule is Cc1nccn1-c1ccc(CNC(=O)CCc2cccnc2)cn1. The van der Waals surface area contributed by atoms with Gasteiger partial charge in [0.2, 0.25) is 5.91 Å². The van der Waals surface area contributed by atoms with Gasteiger partial charge in [0, 0.05) is 43.9 Å². The van der Waals surface area contributed by atoms with E-state index in [1.165, 1.54) is 0 Å². The molecule has 122 valence electrons. The zero-order valence-corrected chi connectivity index (χ0v) is 13.5. The number of carbonyl (C=O) groups excluding carboxylic acids is 1. The van der Waals surface area contributed by atoms with Crippen molar-refractivity contribution in [2.24, 2.45) is 0 Å². The zero-order valence-electron chi connectivity index (χ0n) is 13.5. The minimum Gasteiger partial charge on any atom is -0.352 e. The highest BCUT2D eigenvalue weighted by Gasteiger charge is 2.04. The van der Waals surface area contributed by atoms with Crippen molar-refractivity contribution in [1.29, 1.82) is 0 Å². The van der Waals surface area contributed by atoms with E-state index in [2.05, 4.69) is 20.3 Å². The molecular formula is C18H19N5O. The van der Waals surface area contributed by atoms with Gasteiger partial charge in [0.05, 0.1) is 0 Å². The maximum Gasteiger partial charge on any atom is 0.220 e. The highest BCUT2D eigenvalue weighted by atomic mass is 16.1. The number of aromatic nitrogens is 4. The van der Waals surface area contributed by atoms with Crippen LogP contribution in [0.4, 0.5) is 0 Å². The first kappa shape index (κ1) is 15.9. The summed E-state index contributed by atoms with van der Waals surface area (Å²) < 4.78 is 1.91. The summed E-state index contributed by atoms with van der Waals surface area (Å²) in [6.45, 7) is 2.40. The molecule has 0 saturated heterocycles. The molecule has 6 nitrogen and oxygen atoms in total. The molecule has 3 rings (SSSR count). The highest BCUT2D eigenvalue weighted by molar-refractivity contribution is 5.76. The number of nitrogens with zero attached hydrogens (tertiary/aromatic N) is 4. The average Bonchev–Trinajstić information content (AvgIpc) is 3.05. The molecule has 0 aliphatic carbocycles. The van der Waals surface area contributed by atoms with E-state index in [0.29, 0.717) is 19.4 Å². The van der Waals surface area contributed by atoms with E-state index in [1.54, 1.807) is 24.8 Å². The van der Waals surface area contributed by atoms with Crippen molar-refractivity contribution in [3.8, 4) is 5.82 Å².